The summed E-state index contributed by atoms with van der Waals surface area (Å²) in [5, 5.41) is 12.0. The number of benzene rings is 4. The van der Waals surface area contributed by atoms with Crippen molar-refractivity contribution in [2.45, 2.75) is 57.2 Å². The van der Waals surface area contributed by atoms with Crippen LogP contribution in [0.1, 0.15) is 52.0 Å². The maximum atomic E-state index is 15.2. The van der Waals surface area contributed by atoms with Crippen molar-refractivity contribution in [3.8, 4) is 11.5 Å². The SMILES string of the molecule is CC(C)Oc1cc([C@@](Cc2ccc(CO)cc2)(NC(=O)c2ccc(F)c(C(F)(F)F)c2)c2cc(F)cc(OC(F)(F)C(F)F)c2)ccc1F. The molecule has 0 fully saturated rings. The van der Waals surface area contributed by atoms with E-state index in [1.807, 2.05) is 0 Å². The predicted molar refractivity (Wildman–Crippen MR) is 156 cm³/mol. The number of aliphatic hydroxyl groups excluding tert-OH is 1. The number of nitrogens with one attached hydrogen (secondary N) is 1. The van der Waals surface area contributed by atoms with Gasteiger partial charge in [0.1, 0.15) is 17.4 Å². The Kier molecular flexibility index (Phi) is 10.9. The molecule has 0 saturated heterocycles. The number of carbonyl (C=O) groups excluding carboxylic acids is 1. The maximum absolute atomic E-state index is 15.2. The van der Waals surface area contributed by atoms with Crippen LogP contribution in [0.3, 0.4) is 0 Å². The molecule has 1 atom stereocenters. The zero-order valence-electron chi connectivity index (χ0n) is 25.5. The Morgan fingerprint density at radius 3 is 2.02 bits per heavy atom. The van der Waals surface area contributed by atoms with Crippen molar-refractivity contribution in [2.24, 2.45) is 0 Å². The van der Waals surface area contributed by atoms with E-state index >= 15 is 4.39 Å². The van der Waals surface area contributed by atoms with Crippen LogP contribution < -0.4 is 14.8 Å². The highest BCUT2D eigenvalue weighted by Crippen LogP contribution is 2.40. The van der Waals surface area contributed by atoms with Crippen LogP contribution in [0.15, 0.2) is 78.9 Å². The van der Waals surface area contributed by atoms with Crippen molar-refractivity contribution in [1.29, 1.82) is 0 Å². The van der Waals surface area contributed by atoms with Crippen molar-refractivity contribution in [3.05, 3.63) is 130 Å². The fourth-order valence-electron chi connectivity index (χ4n) is 4.96. The Balaban J connectivity index is 2.04. The summed E-state index contributed by atoms with van der Waals surface area (Å²) in [7, 11) is 0. The first kappa shape index (κ1) is 37.0. The molecule has 15 heteroatoms. The van der Waals surface area contributed by atoms with Gasteiger partial charge in [-0.05, 0) is 78.6 Å². The number of rotatable bonds is 12. The van der Waals surface area contributed by atoms with E-state index in [0.717, 1.165) is 24.3 Å². The highest BCUT2D eigenvalue weighted by molar-refractivity contribution is 5.95. The molecule has 0 saturated carbocycles. The van der Waals surface area contributed by atoms with Crippen LogP contribution in [0, 0.1) is 17.5 Å². The third-order valence-electron chi connectivity index (χ3n) is 7.19. The zero-order valence-corrected chi connectivity index (χ0v) is 25.5. The number of aliphatic hydroxyl groups is 1. The molecular formula is C34H27F10NO4. The molecule has 0 aromatic heterocycles. The van der Waals surface area contributed by atoms with Crippen LogP contribution in [0.5, 0.6) is 11.5 Å². The fourth-order valence-corrected chi connectivity index (χ4v) is 4.96. The van der Waals surface area contributed by atoms with Gasteiger partial charge in [-0.3, -0.25) is 4.79 Å². The Morgan fingerprint density at radius 1 is 0.796 bits per heavy atom. The van der Waals surface area contributed by atoms with Crippen LogP contribution >= 0.6 is 0 Å². The van der Waals surface area contributed by atoms with E-state index < -0.39 is 88.3 Å². The van der Waals surface area contributed by atoms with Gasteiger partial charge in [-0.15, -0.1) is 0 Å². The fraction of sp³-hybridized carbons (Fsp3) is 0.265. The lowest BCUT2D eigenvalue weighted by Crippen LogP contribution is -2.49. The maximum Gasteiger partial charge on any atom is 0.461 e. The molecule has 5 nitrogen and oxygen atoms in total. The molecule has 0 spiro atoms. The molecule has 49 heavy (non-hydrogen) atoms. The molecule has 0 aliphatic carbocycles. The summed E-state index contributed by atoms with van der Waals surface area (Å²) in [5.41, 5.74) is -4.68. The third kappa shape index (κ3) is 8.63. The van der Waals surface area contributed by atoms with Crippen molar-refractivity contribution < 1.29 is 63.3 Å². The second kappa shape index (κ2) is 14.4. The van der Waals surface area contributed by atoms with Crippen LogP contribution in [-0.4, -0.2) is 29.7 Å². The van der Waals surface area contributed by atoms with E-state index in [0.29, 0.717) is 29.8 Å². The summed E-state index contributed by atoms with van der Waals surface area (Å²) in [6.07, 6.45) is -15.8. The summed E-state index contributed by atoms with van der Waals surface area (Å²) < 4.78 is 149. The van der Waals surface area contributed by atoms with Gasteiger partial charge in [-0.2, -0.15) is 30.7 Å². The van der Waals surface area contributed by atoms with E-state index in [4.69, 9.17) is 4.74 Å². The highest BCUT2D eigenvalue weighted by atomic mass is 19.4. The third-order valence-corrected chi connectivity index (χ3v) is 7.19. The van der Waals surface area contributed by atoms with E-state index in [1.54, 1.807) is 13.8 Å². The summed E-state index contributed by atoms with van der Waals surface area (Å²) in [4.78, 5) is 13.8. The number of carbonyl (C=O) groups is 1. The van der Waals surface area contributed by atoms with Gasteiger partial charge in [0.25, 0.3) is 5.91 Å². The van der Waals surface area contributed by atoms with Crippen LogP contribution in [0.4, 0.5) is 43.9 Å². The summed E-state index contributed by atoms with van der Waals surface area (Å²) >= 11 is 0. The topological polar surface area (TPSA) is 67.8 Å². The lowest BCUT2D eigenvalue weighted by molar-refractivity contribution is -0.253. The lowest BCUT2D eigenvalue weighted by Gasteiger charge is -2.37. The van der Waals surface area contributed by atoms with Crippen LogP contribution in [0.2, 0.25) is 0 Å². The summed E-state index contributed by atoms with van der Waals surface area (Å²) in [5.74, 6) is -6.78. The Hall–Kier alpha value is -4.79. The minimum Gasteiger partial charge on any atom is -0.488 e. The first-order valence-corrected chi connectivity index (χ1v) is 14.4. The van der Waals surface area contributed by atoms with Crippen LogP contribution in [0.25, 0.3) is 0 Å². The second-order valence-corrected chi connectivity index (χ2v) is 11.2. The molecule has 0 radical (unpaired) electrons. The number of alkyl halides is 7. The standard InChI is InChI=1S/C34H27F10NO4/c1-18(2)48-29-14-22(8-10-28(29)37)32(16-19-3-5-20(17-46)6-4-19,23-12-24(35)15-25(13-23)49-34(43,44)31(38)39)45-30(47)21-7-9-27(36)26(11-21)33(40,41)42/h3-15,18,31,46H,16-17H2,1-2H3,(H,45,47)/t32-/m1/s1. The summed E-state index contributed by atoms with van der Waals surface area (Å²) in [6.45, 7) is 2.72. The molecule has 0 aliphatic heterocycles. The quantitative estimate of drug-likeness (QED) is 0.145. The smallest absolute Gasteiger partial charge is 0.461 e. The van der Waals surface area contributed by atoms with E-state index in [1.165, 1.54) is 24.3 Å². The first-order chi connectivity index (χ1) is 22.8. The highest BCUT2D eigenvalue weighted by Gasteiger charge is 2.45. The number of amides is 1. The number of hydrogen-bond donors (Lipinski definition) is 2. The molecule has 262 valence electrons. The molecule has 4 aromatic carbocycles. The molecule has 4 rings (SSSR count). The molecular weight excluding hydrogens is 676 g/mol. The normalized spacial score (nSPS) is 13.4. The van der Waals surface area contributed by atoms with Crippen molar-refractivity contribution in [3.63, 3.8) is 0 Å². The number of halogens is 10. The molecule has 0 unspecified atom stereocenters. The number of ether oxygens (including phenoxy) is 2. The van der Waals surface area contributed by atoms with Gasteiger partial charge < -0.3 is 19.9 Å². The van der Waals surface area contributed by atoms with Crippen molar-refractivity contribution in [2.75, 3.05) is 0 Å². The first-order valence-electron chi connectivity index (χ1n) is 14.4. The Labute approximate surface area is 273 Å². The van der Waals surface area contributed by atoms with Gasteiger partial charge in [0, 0.05) is 18.1 Å². The second-order valence-electron chi connectivity index (χ2n) is 11.2. The van der Waals surface area contributed by atoms with E-state index in [2.05, 4.69) is 10.1 Å². The molecule has 0 heterocycles. The molecule has 1 amide bonds. The predicted octanol–water partition coefficient (Wildman–Crippen LogP) is 8.56. The summed E-state index contributed by atoms with van der Waals surface area (Å²) in [6, 6.07) is 12.0. The van der Waals surface area contributed by atoms with E-state index in [-0.39, 0.29) is 23.8 Å². The van der Waals surface area contributed by atoms with Crippen molar-refractivity contribution >= 4 is 5.91 Å². The Morgan fingerprint density at radius 2 is 1.43 bits per heavy atom. The average molecular weight is 704 g/mol. The largest absolute Gasteiger partial charge is 0.488 e. The van der Waals surface area contributed by atoms with Gasteiger partial charge in [-0.25, -0.2) is 13.2 Å². The minimum atomic E-state index is -5.23. The molecule has 0 aliphatic rings. The van der Waals surface area contributed by atoms with Crippen LogP contribution in [-0.2, 0) is 24.7 Å². The number of hydrogen-bond acceptors (Lipinski definition) is 4. The monoisotopic (exact) mass is 703 g/mol. The van der Waals surface area contributed by atoms with Gasteiger partial charge in [0.15, 0.2) is 11.6 Å². The zero-order chi connectivity index (χ0) is 36.3. The minimum absolute atomic E-state index is 0.139. The van der Waals surface area contributed by atoms with Gasteiger partial charge >= 0.3 is 18.7 Å². The van der Waals surface area contributed by atoms with Gasteiger partial charge in [0.2, 0.25) is 0 Å². The average Bonchev–Trinajstić information content (AvgIpc) is 3.01. The van der Waals surface area contributed by atoms with Gasteiger partial charge in [0.05, 0.1) is 23.8 Å². The van der Waals surface area contributed by atoms with Gasteiger partial charge in [-0.1, -0.05) is 30.3 Å². The molecule has 2 N–H and O–H groups in total. The Bertz CT molecular complexity index is 1800. The van der Waals surface area contributed by atoms with Crippen molar-refractivity contribution in [1.82, 2.24) is 5.32 Å². The molecule has 0 bridgehead atoms. The lowest BCUT2D eigenvalue weighted by atomic mass is 9.77. The molecule has 4 aromatic rings. The van der Waals surface area contributed by atoms with E-state index in [9.17, 15) is 49.4 Å².